The lowest BCUT2D eigenvalue weighted by Gasteiger charge is -2.32. The van der Waals surface area contributed by atoms with Gasteiger partial charge in [-0.25, -0.2) is 8.78 Å². The number of amides is 1. The maximum absolute atomic E-state index is 13.4. The van der Waals surface area contributed by atoms with E-state index in [1.54, 1.807) is 0 Å². The molecule has 1 unspecified atom stereocenters. The molecule has 1 amide bonds. The van der Waals surface area contributed by atoms with Gasteiger partial charge in [0.15, 0.2) is 0 Å². The van der Waals surface area contributed by atoms with Gasteiger partial charge in [0.25, 0.3) is 0 Å². The summed E-state index contributed by atoms with van der Waals surface area (Å²) in [5, 5.41) is 5.31. The number of para-hydroxylation sites is 1. The van der Waals surface area contributed by atoms with Crippen LogP contribution in [0, 0.1) is 11.6 Å². The summed E-state index contributed by atoms with van der Waals surface area (Å²) in [7, 11) is 2.07. The second-order valence-electron chi connectivity index (χ2n) is 5.41. The van der Waals surface area contributed by atoms with E-state index in [2.05, 4.69) is 22.6 Å². The molecule has 1 aliphatic rings. The number of rotatable bonds is 5. The number of anilines is 1. The second kappa shape index (κ2) is 7.47. The molecule has 6 heteroatoms. The molecule has 1 aliphatic heterocycles. The van der Waals surface area contributed by atoms with Gasteiger partial charge in [-0.3, -0.25) is 4.79 Å². The SMILES string of the molecule is CN1CCCCC1CNCC(=O)Nc1c(F)cccc1F. The fourth-order valence-corrected chi connectivity index (χ4v) is 2.56. The van der Waals surface area contributed by atoms with Crippen LogP contribution >= 0.6 is 0 Å². The van der Waals surface area contributed by atoms with Crippen molar-refractivity contribution in [3.63, 3.8) is 0 Å². The van der Waals surface area contributed by atoms with E-state index >= 15 is 0 Å². The molecule has 21 heavy (non-hydrogen) atoms. The zero-order valence-electron chi connectivity index (χ0n) is 12.2. The molecule has 0 bridgehead atoms. The minimum Gasteiger partial charge on any atom is -0.320 e. The molecule has 0 aliphatic carbocycles. The highest BCUT2D eigenvalue weighted by Crippen LogP contribution is 2.17. The van der Waals surface area contributed by atoms with Crippen molar-refractivity contribution in [1.29, 1.82) is 0 Å². The molecule has 2 N–H and O–H groups in total. The van der Waals surface area contributed by atoms with Gasteiger partial charge in [-0.05, 0) is 38.6 Å². The van der Waals surface area contributed by atoms with Gasteiger partial charge in [0, 0.05) is 12.6 Å². The van der Waals surface area contributed by atoms with E-state index < -0.39 is 17.5 Å². The predicted molar refractivity (Wildman–Crippen MR) is 78.1 cm³/mol. The van der Waals surface area contributed by atoms with Crippen LogP contribution in [0.4, 0.5) is 14.5 Å². The first-order valence-electron chi connectivity index (χ1n) is 7.22. The van der Waals surface area contributed by atoms with Crippen molar-refractivity contribution in [1.82, 2.24) is 10.2 Å². The Morgan fingerprint density at radius 3 is 2.71 bits per heavy atom. The molecule has 0 aromatic heterocycles. The van der Waals surface area contributed by atoms with Gasteiger partial charge in [0.2, 0.25) is 5.91 Å². The number of hydrogen-bond donors (Lipinski definition) is 2. The van der Waals surface area contributed by atoms with Crippen molar-refractivity contribution in [2.45, 2.75) is 25.3 Å². The lowest BCUT2D eigenvalue weighted by Crippen LogP contribution is -2.44. The monoisotopic (exact) mass is 297 g/mol. The van der Waals surface area contributed by atoms with Crippen molar-refractivity contribution in [2.24, 2.45) is 0 Å². The van der Waals surface area contributed by atoms with Crippen LogP contribution < -0.4 is 10.6 Å². The third-order valence-electron chi connectivity index (χ3n) is 3.81. The van der Waals surface area contributed by atoms with Crippen molar-refractivity contribution in [3.8, 4) is 0 Å². The number of nitrogens with one attached hydrogen (secondary N) is 2. The van der Waals surface area contributed by atoms with Crippen LogP contribution in [0.5, 0.6) is 0 Å². The zero-order valence-corrected chi connectivity index (χ0v) is 12.2. The predicted octanol–water partition coefficient (Wildman–Crippen LogP) is 1.98. The van der Waals surface area contributed by atoms with E-state index in [1.165, 1.54) is 18.9 Å². The first-order valence-corrected chi connectivity index (χ1v) is 7.22. The van der Waals surface area contributed by atoms with Gasteiger partial charge in [-0.15, -0.1) is 0 Å². The molecule has 0 radical (unpaired) electrons. The highest BCUT2D eigenvalue weighted by molar-refractivity contribution is 5.92. The first kappa shape index (κ1) is 15.9. The molecule has 1 fully saturated rings. The molecular weight excluding hydrogens is 276 g/mol. The van der Waals surface area contributed by atoms with Crippen LogP contribution in [-0.4, -0.2) is 43.5 Å². The molecule has 1 aromatic carbocycles. The fraction of sp³-hybridized carbons (Fsp3) is 0.533. The summed E-state index contributed by atoms with van der Waals surface area (Å²) in [6.45, 7) is 1.81. The van der Waals surface area contributed by atoms with Gasteiger partial charge >= 0.3 is 0 Å². The van der Waals surface area contributed by atoms with Crippen LogP contribution in [0.15, 0.2) is 18.2 Å². The molecule has 4 nitrogen and oxygen atoms in total. The zero-order chi connectivity index (χ0) is 15.2. The highest BCUT2D eigenvalue weighted by atomic mass is 19.1. The maximum Gasteiger partial charge on any atom is 0.238 e. The summed E-state index contributed by atoms with van der Waals surface area (Å²) >= 11 is 0. The molecule has 0 spiro atoms. The van der Waals surface area contributed by atoms with Gasteiger partial charge < -0.3 is 15.5 Å². The number of carbonyl (C=O) groups excluding carboxylic acids is 1. The number of halogens is 2. The summed E-state index contributed by atoms with van der Waals surface area (Å²) in [6.07, 6.45) is 3.51. The highest BCUT2D eigenvalue weighted by Gasteiger charge is 2.18. The molecule has 116 valence electrons. The lowest BCUT2D eigenvalue weighted by molar-refractivity contribution is -0.115. The van der Waals surface area contributed by atoms with Crippen molar-refractivity contribution in [2.75, 3.05) is 32.0 Å². The third kappa shape index (κ3) is 4.47. The van der Waals surface area contributed by atoms with E-state index in [0.29, 0.717) is 12.6 Å². The van der Waals surface area contributed by atoms with Crippen molar-refractivity contribution < 1.29 is 13.6 Å². The lowest BCUT2D eigenvalue weighted by atomic mass is 10.0. The second-order valence-corrected chi connectivity index (χ2v) is 5.41. The molecular formula is C15H21F2N3O. The van der Waals surface area contributed by atoms with E-state index in [9.17, 15) is 13.6 Å². The fourth-order valence-electron chi connectivity index (χ4n) is 2.56. The van der Waals surface area contributed by atoms with Crippen molar-refractivity contribution in [3.05, 3.63) is 29.8 Å². The quantitative estimate of drug-likeness (QED) is 0.873. The Morgan fingerprint density at radius 2 is 2.05 bits per heavy atom. The van der Waals surface area contributed by atoms with Gasteiger partial charge in [0.05, 0.1) is 6.54 Å². The smallest absolute Gasteiger partial charge is 0.238 e. The summed E-state index contributed by atoms with van der Waals surface area (Å²) in [5.41, 5.74) is -0.390. The van der Waals surface area contributed by atoms with Crippen LogP contribution in [0.1, 0.15) is 19.3 Å². The van der Waals surface area contributed by atoms with Crippen LogP contribution in [0.2, 0.25) is 0 Å². The van der Waals surface area contributed by atoms with E-state index in [4.69, 9.17) is 0 Å². The molecule has 1 aromatic rings. The molecule has 1 saturated heterocycles. The Hall–Kier alpha value is -1.53. The van der Waals surface area contributed by atoms with Crippen LogP contribution in [0.25, 0.3) is 0 Å². The number of piperidine rings is 1. The van der Waals surface area contributed by atoms with Gasteiger partial charge in [0.1, 0.15) is 17.3 Å². The Labute approximate surface area is 123 Å². The molecule has 0 saturated carbocycles. The van der Waals surface area contributed by atoms with Crippen LogP contribution in [0.3, 0.4) is 0 Å². The molecule has 1 heterocycles. The van der Waals surface area contributed by atoms with E-state index in [0.717, 1.165) is 25.1 Å². The van der Waals surface area contributed by atoms with Gasteiger partial charge in [-0.1, -0.05) is 12.5 Å². The summed E-state index contributed by atoms with van der Waals surface area (Å²) < 4.78 is 26.8. The molecule has 2 rings (SSSR count). The van der Waals surface area contributed by atoms with E-state index in [1.807, 2.05) is 0 Å². The Bertz CT molecular complexity index is 476. The average Bonchev–Trinajstić information content (AvgIpc) is 2.45. The Balaban J connectivity index is 1.77. The largest absolute Gasteiger partial charge is 0.320 e. The van der Waals surface area contributed by atoms with E-state index in [-0.39, 0.29) is 12.2 Å². The Kier molecular flexibility index (Phi) is 5.64. The molecule has 1 atom stereocenters. The maximum atomic E-state index is 13.4. The first-order chi connectivity index (χ1) is 10.1. The summed E-state index contributed by atoms with van der Waals surface area (Å²) in [6, 6.07) is 3.90. The number of hydrogen-bond acceptors (Lipinski definition) is 3. The number of likely N-dealkylation sites (tertiary alicyclic amines) is 1. The Morgan fingerprint density at radius 1 is 1.33 bits per heavy atom. The normalized spacial score (nSPS) is 19.5. The summed E-state index contributed by atoms with van der Waals surface area (Å²) in [4.78, 5) is 14.0. The number of carbonyl (C=O) groups is 1. The van der Waals surface area contributed by atoms with Gasteiger partial charge in [-0.2, -0.15) is 0 Å². The van der Waals surface area contributed by atoms with Crippen molar-refractivity contribution >= 4 is 11.6 Å². The number of benzene rings is 1. The minimum atomic E-state index is -0.768. The average molecular weight is 297 g/mol. The standard InChI is InChI=1S/C15H21F2N3O/c1-20-8-3-2-5-11(20)9-18-10-14(21)19-15-12(16)6-4-7-13(15)17/h4,6-7,11,18H,2-3,5,8-10H2,1H3,(H,19,21). The number of nitrogens with zero attached hydrogens (tertiary/aromatic N) is 1. The summed E-state index contributed by atoms with van der Waals surface area (Å²) in [5.74, 6) is -1.98. The third-order valence-corrected chi connectivity index (χ3v) is 3.81. The topological polar surface area (TPSA) is 44.4 Å². The minimum absolute atomic E-state index is 0.0398. The van der Waals surface area contributed by atoms with Crippen LogP contribution in [-0.2, 0) is 4.79 Å². The number of likely N-dealkylation sites (N-methyl/N-ethyl adjacent to an activating group) is 1.